The molecule has 0 aliphatic heterocycles. The second kappa shape index (κ2) is 17.1. The average Bonchev–Trinajstić information content (AvgIpc) is 2.68. The quantitative estimate of drug-likeness (QED) is 0.501. The van der Waals surface area contributed by atoms with Gasteiger partial charge in [-0.3, -0.25) is 0 Å². The molecule has 1 aromatic rings. The van der Waals surface area contributed by atoms with Crippen LogP contribution in [0.25, 0.3) is 0 Å². The minimum atomic E-state index is 0. The molecule has 0 N–H and O–H groups in total. The Balaban J connectivity index is 0. The Hall–Kier alpha value is -0.303. The van der Waals surface area contributed by atoms with Gasteiger partial charge in [0.2, 0.25) is 0 Å². The Kier molecular flexibility index (Phi) is 19.3. The van der Waals surface area contributed by atoms with E-state index in [-0.39, 0.29) is 21.7 Å². The van der Waals surface area contributed by atoms with Crippen LogP contribution in [0.15, 0.2) is 66.8 Å². The maximum Gasteiger partial charge on any atom is 2.00 e. The fourth-order valence-electron chi connectivity index (χ4n) is 0.770. The fraction of sp³-hybridized carbons (Fsp3) is 0.143. The molecule has 0 spiro atoms. The maximum atomic E-state index is 2.25. The molecule has 0 saturated heterocycles. The molecular formula is C14H18GeTi. The van der Waals surface area contributed by atoms with Crippen LogP contribution in [0.1, 0.15) is 0 Å². The largest absolute Gasteiger partial charge is 2.00 e. The summed E-state index contributed by atoms with van der Waals surface area (Å²) in [4.78, 5) is 0. The molecule has 0 bridgehead atoms. The van der Waals surface area contributed by atoms with Crippen molar-refractivity contribution in [2.45, 2.75) is 11.5 Å². The number of hydrogen-bond donors (Lipinski definition) is 0. The van der Waals surface area contributed by atoms with Crippen LogP contribution in [0.3, 0.4) is 0 Å². The van der Waals surface area contributed by atoms with Crippen LogP contribution in [-0.4, -0.2) is 15.4 Å². The first-order valence-electron chi connectivity index (χ1n) is 5.00. The zero-order valence-corrected chi connectivity index (χ0v) is 13.6. The fourth-order valence-corrected chi connectivity index (χ4v) is 0.770. The van der Waals surface area contributed by atoms with Crippen LogP contribution < -0.4 is 0 Å². The minimum absolute atomic E-state index is 0. The van der Waals surface area contributed by atoms with Gasteiger partial charge in [0.15, 0.2) is 0 Å². The van der Waals surface area contributed by atoms with Crippen molar-refractivity contribution in [2.75, 3.05) is 0 Å². The molecule has 0 fully saturated rings. The summed E-state index contributed by atoms with van der Waals surface area (Å²) in [7, 11) is 0. The van der Waals surface area contributed by atoms with E-state index in [0.29, 0.717) is 15.4 Å². The van der Waals surface area contributed by atoms with Crippen molar-refractivity contribution in [3.8, 4) is 0 Å². The van der Waals surface area contributed by atoms with Crippen molar-refractivity contribution in [3.05, 3.63) is 73.2 Å². The van der Waals surface area contributed by atoms with Gasteiger partial charge in [-0.1, -0.05) is 0 Å². The van der Waals surface area contributed by atoms with Crippen molar-refractivity contribution >= 4 is 15.4 Å². The van der Waals surface area contributed by atoms with E-state index in [1.54, 1.807) is 0 Å². The molecule has 0 atom stereocenters. The number of allylic oxidation sites excluding steroid dienone is 6. The van der Waals surface area contributed by atoms with Crippen molar-refractivity contribution in [3.63, 3.8) is 0 Å². The summed E-state index contributed by atoms with van der Waals surface area (Å²) in [5, 5.41) is 0. The van der Waals surface area contributed by atoms with Crippen molar-refractivity contribution in [1.29, 1.82) is 0 Å². The number of rotatable bonds is 0. The monoisotopic (exact) mass is 308 g/mol. The minimum Gasteiger partial charge on any atom is -0.214 e. The Bertz CT molecular complexity index is 240. The molecule has 2 heteroatoms. The zero-order chi connectivity index (χ0) is 11.2. The van der Waals surface area contributed by atoms with E-state index >= 15 is 0 Å². The molecule has 2 rings (SSSR count). The predicted octanol–water partition coefficient (Wildman–Crippen LogP) is 4.06. The van der Waals surface area contributed by atoms with E-state index < -0.39 is 0 Å². The van der Waals surface area contributed by atoms with Gasteiger partial charge in [-0.25, -0.2) is 12.1 Å². The molecule has 82 valence electrons. The van der Waals surface area contributed by atoms with E-state index in [1.165, 1.54) is 0 Å². The molecule has 0 aromatic heterocycles. The molecular weight excluding hydrogens is 289 g/mol. The van der Waals surface area contributed by atoms with E-state index in [9.17, 15) is 0 Å². The molecule has 0 unspecified atom stereocenters. The Labute approximate surface area is 121 Å². The van der Waals surface area contributed by atoms with Gasteiger partial charge >= 0.3 is 48.7 Å². The normalized spacial score (nSPS) is 10.6. The van der Waals surface area contributed by atoms with Crippen LogP contribution in [0.2, 0.25) is 11.5 Å². The summed E-state index contributed by atoms with van der Waals surface area (Å²) in [5.74, 6) is 4.50. The van der Waals surface area contributed by atoms with Gasteiger partial charge in [-0.15, -0.1) is 12.2 Å². The first-order chi connectivity index (χ1) is 7.41. The molecule has 16 heavy (non-hydrogen) atoms. The topological polar surface area (TPSA) is 0 Å². The summed E-state index contributed by atoms with van der Waals surface area (Å²) in [5.41, 5.74) is 0. The van der Waals surface area contributed by atoms with Crippen molar-refractivity contribution in [2.24, 2.45) is 0 Å². The predicted molar refractivity (Wildman–Crippen MR) is 71.2 cm³/mol. The summed E-state index contributed by atoms with van der Waals surface area (Å²) in [6.45, 7) is 0. The van der Waals surface area contributed by atoms with Gasteiger partial charge in [-0.05, 0) is 0 Å². The Morgan fingerprint density at radius 3 is 1.56 bits per heavy atom. The number of hydrogen-bond acceptors (Lipinski definition) is 0. The zero-order valence-electron chi connectivity index (χ0n) is 9.93. The summed E-state index contributed by atoms with van der Waals surface area (Å²) >= 11 is 0.500. The summed E-state index contributed by atoms with van der Waals surface area (Å²) < 4.78 is 0. The van der Waals surface area contributed by atoms with Crippen LogP contribution in [0.5, 0.6) is 0 Å². The third-order valence-electron chi connectivity index (χ3n) is 1.33. The molecule has 0 nitrogen and oxygen atoms in total. The van der Waals surface area contributed by atoms with Crippen LogP contribution in [-0.2, 0) is 21.7 Å². The molecule has 1 aromatic carbocycles. The van der Waals surface area contributed by atoms with Gasteiger partial charge < -0.3 is 0 Å². The molecule has 2 radical (unpaired) electrons. The molecule has 0 amide bonds. The van der Waals surface area contributed by atoms with Crippen LogP contribution in [0, 0.1) is 6.42 Å². The molecule has 0 saturated carbocycles. The van der Waals surface area contributed by atoms with Crippen LogP contribution in [0.4, 0.5) is 0 Å². The summed E-state index contributed by atoms with van der Waals surface area (Å²) in [6.07, 6.45) is 14.0. The van der Waals surface area contributed by atoms with E-state index in [1.807, 2.05) is 73.2 Å². The van der Waals surface area contributed by atoms with Gasteiger partial charge in [0.05, 0.1) is 0 Å². The standard InChI is InChI=1S/C7H7.C5H5.C2H6Ge.Ti/c1-2-4-6-7-5-3-1;1-2-4-5-3-1;1-3-2;/h1-7H;1-5H;1-2H3;/q2*-1;;+2. The van der Waals surface area contributed by atoms with Crippen molar-refractivity contribution < 1.29 is 21.7 Å². The third-order valence-corrected chi connectivity index (χ3v) is 1.33. The Morgan fingerprint density at radius 1 is 0.812 bits per heavy atom. The van der Waals surface area contributed by atoms with Crippen molar-refractivity contribution in [1.82, 2.24) is 0 Å². The second-order valence-electron chi connectivity index (χ2n) is 2.81. The van der Waals surface area contributed by atoms with Crippen LogP contribution >= 0.6 is 0 Å². The second-order valence-corrected chi connectivity index (χ2v) is 4.91. The molecule has 1 aliphatic rings. The van der Waals surface area contributed by atoms with Gasteiger partial charge in [0.25, 0.3) is 0 Å². The molecule has 1 aliphatic carbocycles. The maximum absolute atomic E-state index is 2.25. The van der Waals surface area contributed by atoms with E-state index in [2.05, 4.69) is 11.5 Å². The van der Waals surface area contributed by atoms with Gasteiger partial charge in [0, 0.05) is 0 Å². The SMILES string of the molecule is C1=CC=C[CH-]C=C1.[CH3][Ge][CH3].[Ti+2].c1cc[cH-]c1. The molecule has 0 heterocycles. The third kappa shape index (κ3) is 16.1. The Morgan fingerprint density at radius 2 is 1.25 bits per heavy atom. The van der Waals surface area contributed by atoms with Gasteiger partial charge in [0.1, 0.15) is 0 Å². The van der Waals surface area contributed by atoms with E-state index in [4.69, 9.17) is 0 Å². The first kappa shape index (κ1) is 18.1. The smallest absolute Gasteiger partial charge is 0.214 e. The van der Waals surface area contributed by atoms with Gasteiger partial charge in [-0.2, -0.15) is 48.9 Å². The first-order valence-corrected chi connectivity index (χ1v) is 9.20. The van der Waals surface area contributed by atoms with E-state index in [0.717, 1.165) is 0 Å². The summed E-state index contributed by atoms with van der Waals surface area (Å²) in [6, 6.07) is 10.0. The average molecular weight is 307 g/mol.